The van der Waals surface area contributed by atoms with Crippen molar-refractivity contribution < 1.29 is 9.18 Å². The van der Waals surface area contributed by atoms with Gasteiger partial charge in [0.25, 0.3) is 5.91 Å². The molecule has 5 heteroatoms. The van der Waals surface area contributed by atoms with Crippen molar-refractivity contribution in [2.24, 2.45) is 0 Å². The molecule has 1 heterocycles. The molecule has 1 aliphatic heterocycles. The van der Waals surface area contributed by atoms with E-state index in [2.05, 4.69) is 26.6 Å². The fourth-order valence-corrected chi connectivity index (χ4v) is 1.78. The molecule has 0 aliphatic carbocycles. The predicted molar refractivity (Wildman–Crippen MR) is 58.2 cm³/mol. The van der Waals surface area contributed by atoms with E-state index in [0.717, 1.165) is 13.1 Å². The van der Waals surface area contributed by atoms with Crippen LogP contribution < -0.4 is 10.6 Å². The molecule has 2 N–H and O–H groups in total. The Hall–Kier alpha value is -0.940. The van der Waals surface area contributed by atoms with Crippen LogP contribution in [-0.2, 0) is 0 Å². The summed E-state index contributed by atoms with van der Waals surface area (Å²) in [6.45, 7) is 1.55. The molecule has 2 rings (SSSR count). The molecule has 80 valence electrons. The van der Waals surface area contributed by atoms with E-state index >= 15 is 0 Å². The molecular formula is C10H10BrFN2O. The van der Waals surface area contributed by atoms with Gasteiger partial charge in [-0.15, -0.1) is 0 Å². The van der Waals surface area contributed by atoms with Crippen molar-refractivity contribution in [2.75, 3.05) is 13.1 Å². The van der Waals surface area contributed by atoms with E-state index in [1.165, 1.54) is 12.1 Å². The Balaban J connectivity index is 2.13. The third-order valence-electron chi connectivity index (χ3n) is 2.31. The highest BCUT2D eigenvalue weighted by molar-refractivity contribution is 9.10. The third-order valence-corrected chi connectivity index (χ3v) is 3.12. The molecule has 15 heavy (non-hydrogen) atoms. The Kier molecular flexibility index (Phi) is 3.02. The SMILES string of the molecule is O=C(NC1CNC1)c1cccc(F)c1Br. The van der Waals surface area contributed by atoms with Crippen LogP contribution in [0.5, 0.6) is 0 Å². The topological polar surface area (TPSA) is 41.1 Å². The molecule has 1 aromatic rings. The smallest absolute Gasteiger partial charge is 0.252 e. The average molecular weight is 273 g/mol. The number of carbonyl (C=O) groups excluding carboxylic acids is 1. The van der Waals surface area contributed by atoms with Crippen molar-refractivity contribution in [1.29, 1.82) is 0 Å². The van der Waals surface area contributed by atoms with Crippen molar-refractivity contribution in [3.05, 3.63) is 34.1 Å². The van der Waals surface area contributed by atoms with Gasteiger partial charge in [-0.1, -0.05) is 6.07 Å². The number of rotatable bonds is 2. The quantitative estimate of drug-likeness (QED) is 0.852. The van der Waals surface area contributed by atoms with E-state index in [0.29, 0.717) is 5.56 Å². The first-order chi connectivity index (χ1) is 7.18. The minimum Gasteiger partial charge on any atom is -0.347 e. The predicted octanol–water partition coefficient (Wildman–Crippen LogP) is 1.29. The van der Waals surface area contributed by atoms with Crippen LogP contribution in [0.4, 0.5) is 4.39 Å². The Morgan fingerprint density at radius 1 is 1.53 bits per heavy atom. The number of nitrogens with one attached hydrogen (secondary N) is 2. The van der Waals surface area contributed by atoms with Crippen molar-refractivity contribution in [2.45, 2.75) is 6.04 Å². The van der Waals surface area contributed by atoms with Gasteiger partial charge in [-0.3, -0.25) is 4.79 Å². The van der Waals surface area contributed by atoms with Crippen molar-refractivity contribution in [1.82, 2.24) is 10.6 Å². The Labute approximate surface area is 95.2 Å². The summed E-state index contributed by atoms with van der Waals surface area (Å²) in [6.07, 6.45) is 0. The largest absolute Gasteiger partial charge is 0.347 e. The zero-order chi connectivity index (χ0) is 10.8. The van der Waals surface area contributed by atoms with Gasteiger partial charge in [-0.2, -0.15) is 0 Å². The molecule has 0 atom stereocenters. The zero-order valence-corrected chi connectivity index (χ0v) is 9.47. The highest BCUT2D eigenvalue weighted by Crippen LogP contribution is 2.20. The third kappa shape index (κ3) is 2.18. The average Bonchev–Trinajstić information content (AvgIpc) is 2.15. The first-order valence-corrected chi connectivity index (χ1v) is 5.43. The lowest BCUT2D eigenvalue weighted by molar-refractivity contribution is 0.0922. The summed E-state index contributed by atoms with van der Waals surface area (Å²) in [7, 11) is 0. The fourth-order valence-electron chi connectivity index (χ4n) is 1.33. The van der Waals surface area contributed by atoms with Crippen LogP contribution in [0.25, 0.3) is 0 Å². The maximum absolute atomic E-state index is 13.1. The number of hydrogen-bond acceptors (Lipinski definition) is 2. The van der Waals surface area contributed by atoms with E-state index < -0.39 is 5.82 Å². The molecule has 1 aromatic carbocycles. The van der Waals surface area contributed by atoms with E-state index in [4.69, 9.17) is 0 Å². The van der Waals surface area contributed by atoms with Crippen LogP contribution in [0.1, 0.15) is 10.4 Å². The van der Waals surface area contributed by atoms with Crippen molar-refractivity contribution >= 4 is 21.8 Å². The molecule has 0 spiro atoms. The lowest BCUT2D eigenvalue weighted by Crippen LogP contribution is -2.56. The molecule has 1 aliphatic rings. The highest BCUT2D eigenvalue weighted by atomic mass is 79.9. The van der Waals surface area contributed by atoms with Gasteiger partial charge in [0.15, 0.2) is 0 Å². The second-order valence-electron chi connectivity index (χ2n) is 3.43. The van der Waals surface area contributed by atoms with Gasteiger partial charge in [-0.05, 0) is 28.1 Å². The van der Waals surface area contributed by atoms with Crippen LogP contribution in [0.2, 0.25) is 0 Å². The molecular weight excluding hydrogens is 263 g/mol. The lowest BCUT2D eigenvalue weighted by Gasteiger charge is -2.28. The molecule has 0 radical (unpaired) electrons. The lowest BCUT2D eigenvalue weighted by atomic mass is 10.1. The second-order valence-corrected chi connectivity index (χ2v) is 4.22. The van der Waals surface area contributed by atoms with Crippen LogP contribution in [0.3, 0.4) is 0 Å². The number of benzene rings is 1. The first-order valence-electron chi connectivity index (χ1n) is 4.64. The van der Waals surface area contributed by atoms with Gasteiger partial charge < -0.3 is 10.6 Å². The number of halogens is 2. The fraction of sp³-hybridized carbons (Fsp3) is 0.300. The molecule has 0 bridgehead atoms. The Bertz CT molecular complexity index is 393. The molecule has 1 saturated heterocycles. The number of amides is 1. The minimum atomic E-state index is -0.422. The Morgan fingerprint density at radius 2 is 2.27 bits per heavy atom. The van der Waals surface area contributed by atoms with E-state index in [1.54, 1.807) is 6.07 Å². The summed E-state index contributed by atoms with van der Waals surface area (Å²) in [5.74, 6) is -0.665. The van der Waals surface area contributed by atoms with Gasteiger partial charge in [-0.25, -0.2) is 4.39 Å². The van der Waals surface area contributed by atoms with Crippen LogP contribution >= 0.6 is 15.9 Å². The van der Waals surface area contributed by atoms with Crippen LogP contribution in [0, 0.1) is 5.82 Å². The molecule has 0 saturated carbocycles. The van der Waals surface area contributed by atoms with Gasteiger partial charge in [0.2, 0.25) is 0 Å². The first kappa shape index (κ1) is 10.6. The van der Waals surface area contributed by atoms with Gasteiger partial charge in [0.1, 0.15) is 5.82 Å². The van der Waals surface area contributed by atoms with Gasteiger partial charge >= 0.3 is 0 Å². The molecule has 0 aromatic heterocycles. The van der Waals surface area contributed by atoms with E-state index in [9.17, 15) is 9.18 Å². The monoisotopic (exact) mass is 272 g/mol. The van der Waals surface area contributed by atoms with E-state index in [1.807, 2.05) is 0 Å². The minimum absolute atomic E-state index is 0.160. The maximum atomic E-state index is 13.1. The summed E-state index contributed by atoms with van der Waals surface area (Å²) in [4.78, 5) is 11.7. The van der Waals surface area contributed by atoms with Crippen molar-refractivity contribution in [3.63, 3.8) is 0 Å². The van der Waals surface area contributed by atoms with Crippen molar-refractivity contribution in [3.8, 4) is 0 Å². The van der Waals surface area contributed by atoms with Crippen LogP contribution in [0.15, 0.2) is 22.7 Å². The summed E-state index contributed by atoms with van der Waals surface area (Å²) < 4.78 is 13.4. The molecule has 0 unspecified atom stereocenters. The van der Waals surface area contributed by atoms with Crippen LogP contribution in [-0.4, -0.2) is 25.0 Å². The zero-order valence-electron chi connectivity index (χ0n) is 7.89. The number of hydrogen-bond donors (Lipinski definition) is 2. The van der Waals surface area contributed by atoms with Gasteiger partial charge in [0, 0.05) is 13.1 Å². The summed E-state index contributed by atoms with van der Waals surface area (Å²) >= 11 is 3.06. The summed E-state index contributed by atoms with van der Waals surface area (Å²) in [5.41, 5.74) is 0.335. The summed E-state index contributed by atoms with van der Waals surface area (Å²) in [6, 6.07) is 4.58. The van der Waals surface area contributed by atoms with E-state index in [-0.39, 0.29) is 16.4 Å². The Morgan fingerprint density at radius 3 is 2.87 bits per heavy atom. The second kappa shape index (κ2) is 4.28. The maximum Gasteiger partial charge on any atom is 0.252 e. The summed E-state index contributed by atoms with van der Waals surface area (Å²) in [5, 5.41) is 5.85. The molecule has 1 amide bonds. The molecule has 3 nitrogen and oxygen atoms in total. The molecule has 1 fully saturated rings. The normalized spacial score (nSPS) is 15.9. The highest BCUT2D eigenvalue weighted by Gasteiger charge is 2.21. The standard InChI is InChI=1S/C10H10BrFN2O/c11-9-7(2-1-3-8(9)12)10(15)14-6-4-13-5-6/h1-3,6,13H,4-5H2,(H,14,15). The number of carbonyl (C=O) groups is 1. The van der Waals surface area contributed by atoms with Gasteiger partial charge in [0.05, 0.1) is 16.1 Å².